The van der Waals surface area contributed by atoms with Crippen molar-refractivity contribution in [3.05, 3.63) is 29.4 Å². The molecule has 2 aromatic rings. The first-order chi connectivity index (χ1) is 19.0. The molecule has 5 N–H and O–H groups in total. The molecule has 1 aromatic carbocycles. The summed E-state index contributed by atoms with van der Waals surface area (Å²) in [4.78, 5) is 38.4. The fourth-order valence-electron chi connectivity index (χ4n) is 4.97. The van der Waals surface area contributed by atoms with Gasteiger partial charge >= 0.3 is 0 Å². The second-order valence-electron chi connectivity index (χ2n) is 10.3. The van der Waals surface area contributed by atoms with Crippen molar-refractivity contribution in [3.8, 4) is 0 Å². The lowest BCUT2D eigenvalue weighted by Crippen LogP contribution is -2.60. The van der Waals surface area contributed by atoms with Crippen LogP contribution in [0.3, 0.4) is 0 Å². The van der Waals surface area contributed by atoms with Crippen LogP contribution < -0.4 is 31.1 Å². The Morgan fingerprint density at radius 2 is 2.05 bits per heavy atom. The molecule has 0 aliphatic carbocycles. The van der Waals surface area contributed by atoms with Crippen LogP contribution >= 0.6 is 11.6 Å². The summed E-state index contributed by atoms with van der Waals surface area (Å²) >= 11 is 6.37. The summed E-state index contributed by atoms with van der Waals surface area (Å²) in [7, 11) is 1.47. The molecular formula is C25H31ClF2N8O4. The Balaban J connectivity index is 1.45. The van der Waals surface area contributed by atoms with Gasteiger partial charge in [-0.1, -0.05) is 18.5 Å². The molecule has 40 heavy (non-hydrogen) atoms. The SMILES string of the molecule is CNC(=O)CN1c2cc(Nc3nc(N4C[C@@H](N)C(F)(F)[C@@H](C)C4)ncc3Cl)ccc2N(CC2COC2)C(=O)C1O. The Bertz CT molecular complexity index is 1290. The Kier molecular flexibility index (Phi) is 7.70. The molecule has 2 fully saturated rings. The van der Waals surface area contributed by atoms with Crippen molar-refractivity contribution >= 4 is 52.2 Å². The number of aliphatic hydroxyl groups is 1. The second kappa shape index (κ2) is 10.9. The highest BCUT2D eigenvalue weighted by Gasteiger charge is 2.48. The summed E-state index contributed by atoms with van der Waals surface area (Å²) < 4.78 is 33.7. The largest absolute Gasteiger partial charge is 0.381 e. The number of nitrogens with zero attached hydrogens (tertiary/aromatic N) is 5. The van der Waals surface area contributed by atoms with E-state index in [9.17, 15) is 23.5 Å². The van der Waals surface area contributed by atoms with E-state index in [0.717, 1.165) is 0 Å². The highest BCUT2D eigenvalue weighted by atomic mass is 35.5. The van der Waals surface area contributed by atoms with Crippen molar-refractivity contribution in [1.29, 1.82) is 0 Å². The topological polar surface area (TPSA) is 149 Å². The van der Waals surface area contributed by atoms with Gasteiger partial charge < -0.3 is 40.9 Å². The monoisotopic (exact) mass is 580 g/mol. The van der Waals surface area contributed by atoms with E-state index >= 15 is 0 Å². The molecule has 1 aromatic heterocycles. The summed E-state index contributed by atoms with van der Waals surface area (Å²) in [5, 5.41) is 16.7. The summed E-state index contributed by atoms with van der Waals surface area (Å²) in [6.45, 7) is 2.46. The van der Waals surface area contributed by atoms with Gasteiger partial charge in [0.2, 0.25) is 18.1 Å². The number of nitrogens with two attached hydrogens (primary N) is 1. The average Bonchev–Trinajstić information content (AvgIpc) is 2.90. The number of halogens is 3. The summed E-state index contributed by atoms with van der Waals surface area (Å²) in [6, 6.07) is 3.73. The number of hydrogen-bond acceptors (Lipinski definition) is 10. The van der Waals surface area contributed by atoms with Crippen LogP contribution in [0.25, 0.3) is 0 Å². The number of rotatable bonds is 7. The van der Waals surface area contributed by atoms with E-state index in [1.807, 2.05) is 0 Å². The zero-order valence-electron chi connectivity index (χ0n) is 22.0. The van der Waals surface area contributed by atoms with Crippen LogP contribution in [0, 0.1) is 11.8 Å². The van der Waals surface area contributed by atoms with Crippen LogP contribution in [0.1, 0.15) is 6.92 Å². The van der Waals surface area contributed by atoms with Crippen molar-refractivity contribution in [2.45, 2.75) is 25.1 Å². The van der Waals surface area contributed by atoms with E-state index in [1.165, 1.54) is 30.0 Å². The Labute approximate surface area is 234 Å². The maximum absolute atomic E-state index is 14.3. The number of ether oxygens (including phenoxy) is 1. The minimum atomic E-state index is -3.00. The van der Waals surface area contributed by atoms with E-state index in [4.69, 9.17) is 22.1 Å². The summed E-state index contributed by atoms with van der Waals surface area (Å²) in [6.07, 6.45) is -0.199. The summed E-state index contributed by atoms with van der Waals surface area (Å²) in [5.41, 5.74) is 7.22. The third-order valence-electron chi connectivity index (χ3n) is 7.44. The minimum absolute atomic E-state index is 0.0167. The first kappa shape index (κ1) is 28.2. The van der Waals surface area contributed by atoms with Gasteiger partial charge in [0.15, 0.2) is 5.82 Å². The van der Waals surface area contributed by atoms with Crippen LogP contribution in [0.4, 0.5) is 37.6 Å². The molecule has 0 saturated carbocycles. The van der Waals surface area contributed by atoms with E-state index in [-0.39, 0.29) is 48.2 Å². The highest BCUT2D eigenvalue weighted by Crippen LogP contribution is 2.40. The fourth-order valence-corrected chi connectivity index (χ4v) is 5.11. The molecule has 0 spiro atoms. The van der Waals surface area contributed by atoms with Gasteiger partial charge in [0.1, 0.15) is 5.02 Å². The van der Waals surface area contributed by atoms with E-state index in [1.54, 1.807) is 23.1 Å². The maximum Gasteiger partial charge on any atom is 0.277 e. The highest BCUT2D eigenvalue weighted by molar-refractivity contribution is 6.33. The van der Waals surface area contributed by atoms with Crippen molar-refractivity contribution in [3.63, 3.8) is 0 Å². The van der Waals surface area contributed by atoms with E-state index in [0.29, 0.717) is 36.8 Å². The molecule has 3 atom stereocenters. The first-order valence-electron chi connectivity index (χ1n) is 12.9. The number of aromatic nitrogens is 2. The van der Waals surface area contributed by atoms with Crippen molar-refractivity contribution in [1.82, 2.24) is 15.3 Å². The molecule has 3 aliphatic rings. The lowest BCUT2D eigenvalue weighted by Gasteiger charge is -2.42. The van der Waals surface area contributed by atoms with Gasteiger partial charge in [-0.15, -0.1) is 0 Å². The van der Waals surface area contributed by atoms with Crippen molar-refractivity contribution in [2.75, 3.05) is 66.5 Å². The van der Waals surface area contributed by atoms with Crippen molar-refractivity contribution in [2.24, 2.45) is 17.6 Å². The number of nitrogens with one attached hydrogen (secondary N) is 2. The number of carbonyl (C=O) groups excluding carboxylic acids is 2. The van der Waals surface area contributed by atoms with Gasteiger partial charge in [0.25, 0.3) is 11.8 Å². The Hall–Kier alpha value is -3.33. The molecule has 0 bridgehead atoms. The summed E-state index contributed by atoms with van der Waals surface area (Å²) in [5.74, 6) is -4.37. The van der Waals surface area contributed by atoms with Gasteiger partial charge in [-0.2, -0.15) is 4.98 Å². The lowest BCUT2D eigenvalue weighted by atomic mass is 9.92. The molecule has 15 heteroatoms. The van der Waals surface area contributed by atoms with Crippen molar-refractivity contribution < 1.29 is 28.2 Å². The number of aliphatic hydroxyl groups excluding tert-OH is 1. The number of benzene rings is 1. The lowest BCUT2D eigenvalue weighted by molar-refractivity contribution is -0.128. The van der Waals surface area contributed by atoms with Crippen LogP contribution in [-0.2, 0) is 14.3 Å². The molecule has 2 saturated heterocycles. The third kappa shape index (κ3) is 5.23. The number of alkyl halides is 2. The Morgan fingerprint density at radius 1 is 1.30 bits per heavy atom. The molecule has 2 amide bonds. The van der Waals surface area contributed by atoms with Gasteiger partial charge in [-0.3, -0.25) is 9.59 Å². The zero-order valence-corrected chi connectivity index (χ0v) is 22.7. The number of anilines is 5. The fraction of sp³-hybridized carbons (Fsp3) is 0.520. The smallest absolute Gasteiger partial charge is 0.277 e. The zero-order chi connectivity index (χ0) is 28.8. The molecule has 5 rings (SSSR count). The van der Waals surface area contributed by atoms with Crippen LogP contribution in [0.2, 0.25) is 5.02 Å². The number of amides is 2. The molecule has 0 radical (unpaired) electrons. The Morgan fingerprint density at radius 3 is 2.70 bits per heavy atom. The quantitative estimate of drug-likeness (QED) is 0.376. The van der Waals surface area contributed by atoms with Crippen LogP contribution in [-0.4, -0.2) is 91.5 Å². The number of hydrogen-bond donors (Lipinski definition) is 4. The van der Waals surface area contributed by atoms with Gasteiger partial charge in [0.05, 0.1) is 43.4 Å². The average molecular weight is 581 g/mol. The third-order valence-corrected chi connectivity index (χ3v) is 7.71. The molecule has 3 aliphatic heterocycles. The standard InChI is InChI=1S/C25H31ClF2N8O4/c1-13-7-34(9-19(29)25(13,27)28)24-31-6-16(26)21(33-24)32-15-3-4-17-18(5-15)36(10-20(37)30-2)23(39)22(38)35(17)8-14-11-40-12-14/h3-6,13-14,19,23,39H,7-12,29H2,1-2H3,(H,30,37)(H,31,32,33)/t13-,19+,23?/m0/s1. The van der Waals surface area contributed by atoms with Gasteiger partial charge in [0, 0.05) is 44.2 Å². The van der Waals surface area contributed by atoms with E-state index < -0.39 is 30.0 Å². The van der Waals surface area contributed by atoms with Gasteiger partial charge in [-0.25, -0.2) is 13.8 Å². The van der Waals surface area contributed by atoms with Crippen LogP contribution in [0.15, 0.2) is 24.4 Å². The number of fused-ring (bicyclic) bond motifs is 1. The van der Waals surface area contributed by atoms with Crippen LogP contribution in [0.5, 0.6) is 0 Å². The molecule has 12 nitrogen and oxygen atoms in total. The van der Waals surface area contributed by atoms with E-state index in [2.05, 4.69) is 20.6 Å². The molecule has 1 unspecified atom stereocenters. The number of piperidine rings is 1. The minimum Gasteiger partial charge on any atom is -0.381 e. The maximum atomic E-state index is 14.3. The molecular weight excluding hydrogens is 550 g/mol. The normalized spacial score (nSPS) is 24.4. The first-order valence-corrected chi connectivity index (χ1v) is 13.2. The molecule has 216 valence electrons. The van der Waals surface area contributed by atoms with Gasteiger partial charge in [-0.05, 0) is 18.2 Å². The number of likely N-dealkylation sites (N-methyl/N-ethyl adjacent to an activating group) is 1. The molecule has 4 heterocycles. The number of carbonyl (C=O) groups is 2. The second-order valence-corrected chi connectivity index (χ2v) is 10.7. The predicted molar refractivity (Wildman–Crippen MR) is 145 cm³/mol. The predicted octanol–water partition coefficient (Wildman–Crippen LogP) is 1.16.